The van der Waals surface area contributed by atoms with E-state index in [1.54, 1.807) is 6.33 Å². The first-order valence-corrected chi connectivity index (χ1v) is 6.96. The van der Waals surface area contributed by atoms with E-state index in [1.807, 2.05) is 0 Å². The summed E-state index contributed by atoms with van der Waals surface area (Å²) in [5.41, 5.74) is 2.62. The van der Waals surface area contributed by atoms with Crippen molar-refractivity contribution in [3.63, 3.8) is 0 Å². The molecule has 1 fully saturated rings. The summed E-state index contributed by atoms with van der Waals surface area (Å²) >= 11 is 0. The van der Waals surface area contributed by atoms with E-state index in [1.165, 1.54) is 30.6 Å². The predicted octanol–water partition coefficient (Wildman–Crippen LogP) is 1.35. The second kappa shape index (κ2) is 4.84. The van der Waals surface area contributed by atoms with Gasteiger partial charge in [0.05, 0.1) is 5.69 Å². The molecule has 1 aliphatic carbocycles. The Kier molecular flexibility index (Phi) is 3.20. The fourth-order valence-electron chi connectivity index (χ4n) is 2.79. The molecule has 98 valence electrons. The van der Waals surface area contributed by atoms with Gasteiger partial charge in [0.1, 0.15) is 12.1 Å². The molecule has 4 heteroatoms. The van der Waals surface area contributed by atoms with Gasteiger partial charge in [0.25, 0.3) is 0 Å². The first-order chi connectivity index (χ1) is 8.74. The fourth-order valence-corrected chi connectivity index (χ4v) is 2.79. The molecule has 0 amide bonds. The average molecular weight is 246 g/mol. The molecule has 1 saturated carbocycles. The molecular weight excluding hydrogens is 224 g/mol. The van der Waals surface area contributed by atoms with Crippen LogP contribution in [0.15, 0.2) is 6.33 Å². The molecule has 0 unspecified atom stereocenters. The lowest BCUT2D eigenvalue weighted by atomic mass is 10.1. The van der Waals surface area contributed by atoms with E-state index >= 15 is 0 Å². The Bertz CT molecular complexity index is 426. The molecule has 3 rings (SSSR count). The van der Waals surface area contributed by atoms with Gasteiger partial charge in [-0.25, -0.2) is 9.97 Å². The lowest BCUT2D eigenvalue weighted by Gasteiger charge is -2.19. The van der Waals surface area contributed by atoms with Crippen LogP contribution in [0.3, 0.4) is 0 Å². The van der Waals surface area contributed by atoms with Crippen molar-refractivity contribution in [3.8, 4) is 0 Å². The lowest BCUT2D eigenvalue weighted by Crippen LogP contribution is -2.28. The Morgan fingerprint density at radius 3 is 2.72 bits per heavy atom. The van der Waals surface area contributed by atoms with Crippen molar-refractivity contribution >= 4 is 5.82 Å². The molecule has 0 radical (unpaired) electrons. The maximum Gasteiger partial charge on any atom is 0.134 e. The zero-order chi connectivity index (χ0) is 12.5. The zero-order valence-electron chi connectivity index (χ0n) is 11.4. The van der Waals surface area contributed by atoms with Crippen LogP contribution in [0.1, 0.15) is 24.1 Å². The lowest BCUT2D eigenvalue weighted by molar-refractivity contribution is 0.275. The molecule has 1 aliphatic heterocycles. The Labute approximate surface area is 109 Å². The van der Waals surface area contributed by atoms with Crippen LogP contribution in [0.4, 0.5) is 5.82 Å². The monoisotopic (exact) mass is 246 g/mol. The zero-order valence-corrected chi connectivity index (χ0v) is 11.4. The van der Waals surface area contributed by atoms with Gasteiger partial charge in [0, 0.05) is 45.7 Å². The number of anilines is 1. The van der Waals surface area contributed by atoms with Gasteiger partial charge in [-0.3, -0.25) is 0 Å². The molecule has 1 aromatic rings. The number of aromatic nitrogens is 2. The van der Waals surface area contributed by atoms with Crippen LogP contribution in [0.25, 0.3) is 0 Å². The summed E-state index contributed by atoms with van der Waals surface area (Å²) in [6.45, 7) is 3.61. The van der Waals surface area contributed by atoms with Crippen molar-refractivity contribution in [2.45, 2.75) is 25.7 Å². The number of fused-ring (bicyclic) bond motifs is 1. The minimum atomic E-state index is 0.977. The molecule has 0 aromatic carbocycles. The highest BCUT2D eigenvalue weighted by molar-refractivity contribution is 5.48. The maximum atomic E-state index is 4.49. The average Bonchev–Trinajstić information content (AvgIpc) is 3.17. The van der Waals surface area contributed by atoms with E-state index < -0.39 is 0 Å². The first kappa shape index (κ1) is 11.9. The molecule has 0 bridgehead atoms. The Balaban J connectivity index is 1.77. The maximum absolute atomic E-state index is 4.49. The molecule has 0 spiro atoms. The Hall–Kier alpha value is -1.16. The van der Waals surface area contributed by atoms with Gasteiger partial charge in [0.15, 0.2) is 0 Å². The summed E-state index contributed by atoms with van der Waals surface area (Å²) in [4.78, 5) is 13.6. The SMILES string of the molecule is CN(C)c1ncnc2c1CCN(CC1CC1)CC2. The molecule has 0 atom stereocenters. The van der Waals surface area contributed by atoms with Crippen molar-refractivity contribution in [3.05, 3.63) is 17.6 Å². The molecule has 1 aromatic heterocycles. The molecule has 4 nitrogen and oxygen atoms in total. The minimum absolute atomic E-state index is 0.977. The highest BCUT2D eigenvalue weighted by Gasteiger charge is 2.26. The van der Waals surface area contributed by atoms with Crippen LogP contribution >= 0.6 is 0 Å². The first-order valence-electron chi connectivity index (χ1n) is 6.96. The van der Waals surface area contributed by atoms with Crippen molar-refractivity contribution in [2.75, 3.05) is 38.6 Å². The molecule has 2 heterocycles. The van der Waals surface area contributed by atoms with Crippen LogP contribution in [-0.2, 0) is 12.8 Å². The summed E-state index contributed by atoms with van der Waals surface area (Å²) in [7, 11) is 4.13. The number of hydrogen-bond acceptors (Lipinski definition) is 4. The largest absolute Gasteiger partial charge is 0.362 e. The third-order valence-corrected chi connectivity index (χ3v) is 3.99. The Morgan fingerprint density at radius 2 is 2.00 bits per heavy atom. The third-order valence-electron chi connectivity index (χ3n) is 3.99. The van der Waals surface area contributed by atoms with Gasteiger partial charge in [-0.1, -0.05) is 0 Å². The molecule has 0 N–H and O–H groups in total. The van der Waals surface area contributed by atoms with Crippen molar-refractivity contribution in [2.24, 2.45) is 5.92 Å². The summed E-state index contributed by atoms with van der Waals surface area (Å²) in [6.07, 6.45) is 6.75. The van der Waals surface area contributed by atoms with E-state index in [-0.39, 0.29) is 0 Å². The van der Waals surface area contributed by atoms with Gasteiger partial charge in [-0.05, 0) is 25.2 Å². The molecule has 2 aliphatic rings. The summed E-state index contributed by atoms with van der Waals surface area (Å²) < 4.78 is 0. The van der Waals surface area contributed by atoms with Gasteiger partial charge in [0.2, 0.25) is 0 Å². The predicted molar refractivity (Wildman–Crippen MR) is 72.9 cm³/mol. The van der Waals surface area contributed by atoms with E-state index in [2.05, 4.69) is 33.9 Å². The summed E-state index contributed by atoms with van der Waals surface area (Å²) in [6, 6.07) is 0. The fraction of sp³-hybridized carbons (Fsp3) is 0.714. The third kappa shape index (κ3) is 2.48. The summed E-state index contributed by atoms with van der Waals surface area (Å²) in [5.74, 6) is 2.08. The topological polar surface area (TPSA) is 32.3 Å². The van der Waals surface area contributed by atoms with Crippen molar-refractivity contribution in [1.82, 2.24) is 14.9 Å². The van der Waals surface area contributed by atoms with Crippen LogP contribution < -0.4 is 4.90 Å². The second-order valence-electron chi connectivity index (χ2n) is 5.76. The second-order valence-corrected chi connectivity index (χ2v) is 5.76. The standard InChI is InChI=1S/C14H22N4/c1-17(2)14-12-5-7-18(9-11-3-4-11)8-6-13(12)15-10-16-14/h10-11H,3-9H2,1-2H3. The van der Waals surface area contributed by atoms with Crippen LogP contribution in [-0.4, -0.2) is 48.6 Å². The van der Waals surface area contributed by atoms with Gasteiger partial charge >= 0.3 is 0 Å². The van der Waals surface area contributed by atoms with Gasteiger partial charge in [-0.15, -0.1) is 0 Å². The molecule has 0 saturated heterocycles. The molecule has 18 heavy (non-hydrogen) atoms. The smallest absolute Gasteiger partial charge is 0.134 e. The van der Waals surface area contributed by atoms with Crippen molar-refractivity contribution < 1.29 is 0 Å². The van der Waals surface area contributed by atoms with Crippen LogP contribution in [0.5, 0.6) is 0 Å². The number of nitrogens with zero attached hydrogens (tertiary/aromatic N) is 4. The quantitative estimate of drug-likeness (QED) is 0.806. The van der Waals surface area contributed by atoms with Crippen LogP contribution in [0.2, 0.25) is 0 Å². The highest BCUT2D eigenvalue weighted by Crippen LogP contribution is 2.30. The summed E-state index contributed by atoms with van der Waals surface area (Å²) in [5, 5.41) is 0. The highest BCUT2D eigenvalue weighted by atomic mass is 15.2. The Morgan fingerprint density at radius 1 is 1.22 bits per heavy atom. The normalized spacial score (nSPS) is 20.3. The molecular formula is C14H22N4. The van der Waals surface area contributed by atoms with E-state index in [0.29, 0.717) is 0 Å². The van der Waals surface area contributed by atoms with Gasteiger partial charge in [-0.2, -0.15) is 0 Å². The number of rotatable bonds is 3. The van der Waals surface area contributed by atoms with Crippen LogP contribution in [0, 0.1) is 5.92 Å². The van der Waals surface area contributed by atoms with E-state index in [9.17, 15) is 0 Å². The van der Waals surface area contributed by atoms with Gasteiger partial charge < -0.3 is 9.80 Å². The van der Waals surface area contributed by atoms with E-state index in [0.717, 1.165) is 37.7 Å². The van der Waals surface area contributed by atoms with E-state index in [4.69, 9.17) is 0 Å². The van der Waals surface area contributed by atoms with Crippen molar-refractivity contribution in [1.29, 1.82) is 0 Å². The minimum Gasteiger partial charge on any atom is -0.362 e. The number of hydrogen-bond donors (Lipinski definition) is 0.